The molecule has 3 aromatic carbocycles. The molecule has 0 amide bonds. The lowest BCUT2D eigenvalue weighted by Gasteiger charge is -2.10. The summed E-state index contributed by atoms with van der Waals surface area (Å²) in [7, 11) is 0. The second-order valence-electron chi connectivity index (χ2n) is 6.68. The van der Waals surface area contributed by atoms with E-state index in [2.05, 4.69) is 54.4 Å². The van der Waals surface area contributed by atoms with Gasteiger partial charge in [0.15, 0.2) is 0 Å². The van der Waals surface area contributed by atoms with E-state index in [1.165, 1.54) is 11.1 Å². The van der Waals surface area contributed by atoms with Gasteiger partial charge in [-0.25, -0.2) is 9.97 Å². The van der Waals surface area contributed by atoms with Crippen LogP contribution in [0.4, 0.5) is 0 Å². The highest BCUT2D eigenvalue weighted by atomic mass is 14.8. The predicted octanol–water partition coefficient (Wildman–Crippen LogP) is 5.82. The zero-order valence-corrected chi connectivity index (χ0v) is 14.9. The molecule has 5 aromatic rings. The van der Waals surface area contributed by atoms with Crippen molar-refractivity contribution >= 4 is 21.9 Å². The first kappa shape index (κ1) is 15.6. The average molecular weight is 347 g/mol. The van der Waals surface area contributed by atoms with Crippen LogP contribution in [0.15, 0.2) is 85.1 Å². The second kappa shape index (κ2) is 6.29. The van der Waals surface area contributed by atoms with E-state index in [0.717, 1.165) is 38.9 Å². The number of benzene rings is 3. The molecule has 3 nitrogen and oxygen atoms in total. The van der Waals surface area contributed by atoms with Gasteiger partial charge in [-0.1, -0.05) is 60.2 Å². The molecule has 0 saturated heterocycles. The van der Waals surface area contributed by atoms with Crippen LogP contribution in [-0.2, 0) is 0 Å². The standard InChI is InChI=1S/C24H17N3/c1-16-10-12-17(13-11-16)19-14-23(26-20-7-3-2-6-18(19)20)24-15-25-21-8-4-5-9-22(21)27-24/h2-15H,1H3. The third-order valence-electron chi connectivity index (χ3n) is 4.79. The average Bonchev–Trinajstić information content (AvgIpc) is 2.73. The molecule has 0 saturated carbocycles. The number of rotatable bonds is 2. The lowest BCUT2D eigenvalue weighted by molar-refractivity contribution is 1.26. The monoisotopic (exact) mass is 347 g/mol. The minimum Gasteiger partial charge on any atom is -0.252 e. The number of pyridine rings is 1. The molecule has 0 atom stereocenters. The lowest BCUT2D eigenvalue weighted by atomic mass is 9.98. The number of hydrogen-bond donors (Lipinski definition) is 0. The summed E-state index contributed by atoms with van der Waals surface area (Å²) < 4.78 is 0. The molecule has 0 spiro atoms. The van der Waals surface area contributed by atoms with Crippen molar-refractivity contribution in [2.75, 3.05) is 0 Å². The molecule has 0 N–H and O–H groups in total. The SMILES string of the molecule is Cc1ccc(-c2cc(-c3cnc4ccccc4n3)nc3ccccc23)cc1. The molecule has 2 heterocycles. The summed E-state index contributed by atoms with van der Waals surface area (Å²) in [6.07, 6.45) is 1.80. The van der Waals surface area contributed by atoms with E-state index in [-0.39, 0.29) is 0 Å². The van der Waals surface area contributed by atoms with E-state index in [4.69, 9.17) is 9.97 Å². The van der Waals surface area contributed by atoms with E-state index in [1.807, 2.05) is 36.4 Å². The number of aromatic nitrogens is 3. The van der Waals surface area contributed by atoms with E-state index < -0.39 is 0 Å². The molecule has 0 bridgehead atoms. The van der Waals surface area contributed by atoms with E-state index >= 15 is 0 Å². The van der Waals surface area contributed by atoms with Crippen molar-refractivity contribution in [3.63, 3.8) is 0 Å². The van der Waals surface area contributed by atoms with Gasteiger partial charge in [0.05, 0.1) is 28.4 Å². The molecule has 2 aromatic heterocycles. The largest absolute Gasteiger partial charge is 0.252 e. The van der Waals surface area contributed by atoms with Gasteiger partial charge in [0, 0.05) is 5.39 Å². The van der Waals surface area contributed by atoms with Crippen molar-refractivity contribution in [3.05, 3.63) is 90.6 Å². The van der Waals surface area contributed by atoms with Crippen molar-refractivity contribution < 1.29 is 0 Å². The van der Waals surface area contributed by atoms with Gasteiger partial charge in [-0.2, -0.15) is 0 Å². The molecule has 5 rings (SSSR count). The fourth-order valence-corrected chi connectivity index (χ4v) is 3.36. The summed E-state index contributed by atoms with van der Waals surface area (Å²) in [5.74, 6) is 0. The van der Waals surface area contributed by atoms with Crippen LogP contribution in [0.5, 0.6) is 0 Å². The maximum atomic E-state index is 4.85. The zero-order valence-electron chi connectivity index (χ0n) is 14.9. The van der Waals surface area contributed by atoms with E-state index in [9.17, 15) is 0 Å². The van der Waals surface area contributed by atoms with Crippen LogP contribution >= 0.6 is 0 Å². The number of para-hydroxylation sites is 3. The number of hydrogen-bond acceptors (Lipinski definition) is 3. The third kappa shape index (κ3) is 2.83. The Morgan fingerprint density at radius 2 is 1.30 bits per heavy atom. The van der Waals surface area contributed by atoms with Crippen molar-refractivity contribution in [2.24, 2.45) is 0 Å². The Kier molecular flexibility index (Phi) is 3.65. The summed E-state index contributed by atoms with van der Waals surface area (Å²) in [6, 6.07) is 26.9. The summed E-state index contributed by atoms with van der Waals surface area (Å²) in [5, 5.41) is 1.14. The summed E-state index contributed by atoms with van der Waals surface area (Å²) in [5.41, 5.74) is 7.93. The second-order valence-corrected chi connectivity index (χ2v) is 6.68. The molecular formula is C24H17N3. The zero-order chi connectivity index (χ0) is 18.2. The molecule has 128 valence electrons. The highest BCUT2D eigenvalue weighted by Crippen LogP contribution is 2.31. The molecule has 0 aliphatic carbocycles. The maximum absolute atomic E-state index is 4.85. The van der Waals surface area contributed by atoms with Crippen LogP contribution in [0, 0.1) is 6.92 Å². The number of nitrogens with zero attached hydrogens (tertiary/aromatic N) is 3. The molecule has 0 aliphatic heterocycles. The van der Waals surface area contributed by atoms with Crippen molar-refractivity contribution in [1.82, 2.24) is 15.0 Å². The van der Waals surface area contributed by atoms with Gasteiger partial charge in [0.2, 0.25) is 0 Å². The van der Waals surface area contributed by atoms with Crippen LogP contribution in [0.3, 0.4) is 0 Å². The minimum absolute atomic E-state index is 0.785. The Bertz CT molecular complexity index is 1270. The Labute approximate surface area is 157 Å². The Morgan fingerprint density at radius 1 is 0.630 bits per heavy atom. The van der Waals surface area contributed by atoms with Gasteiger partial charge < -0.3 is 0 Å². The smallest absolute Gasteiger partial charge is 0.108 e. The lowest BCUT2D eigenvalue weighted by Crippen LogP contribution is -1.93. The maximum Gasteiger partial charge on any atom is 0.108 e. The van der Waals surface area contributed by atoms with Gasteiger partial charge in [-0.3, -0.25) is 4.98 Å². The van der Waals surface area contributed by atoms with Gasteiger partial charge in [-0.15, -0.1) is 0 Å². The molecule has 0 aliphatic rings. The van der Waals surface area contributed by atoms with Gasteiger partial charge in [-0.05, 0) is 42.3 Å². The molecule has 3 heteroatoms. The van der Waals surface area contributed by atoms with Crippen LogP contribution < -0.4 is 0 Å². The normalized spacial score (nSPS) is 11.1. The van der Waals surface area contributed by atoms with Gasteiger partial charge in [0.25, 0.3) is 0 Å². The Morgan fingerprint density at radius 3 is 2.11 bits per heavy atom. The van der Waals surface area contributed by atoms with Gasteiger partial charge >= 0.3 is 0 Å². The summed E-state index contributed by atoms with van der Waals surface area (Å²) in [6.45, 7) is 2.10. The third-order valence-corrected chi connectivity index (χ3v) is 4.79. The molecule has 0 unspecified atom stereocenters. The van der Waals surface area contributed by atoms with Crippen LogP contribution in [0.1, 0.15) is 5.56 Å². The summed E-state index contributed by atoms with van der Waals surface area (Å²) >= 11 is 0. The first-order valence-electron chi connectivity index (χ1n) is 8.97. The molecular weight excluding hydrogens is 330 g/mol. The van der Waals surface area contributed by atoms with Crippen LogP contribution in [0.25, 0.3) is 44.5 Å². The van der Waals surface area contributed by atoms with Crippen molar-refractivity contribution in [3.8, 4) is 22.5 Å². The first-order valence-corrected chi connectivity index (χ1v) is 8.97. The Hall–Kier alpha value is -3.59. The highest BCUT2D eigenvalue weighted by molar-refractivity contribution is 5.96. The minimum atomic E-state index is 0.785. The van der Waals surface area contributed by atoms with E-state index in [0.29, 0.717) is 0 Å². The molecule has 0 fully saturated rings. The summed E-state index contributed by atoms with van der Waals surface area (Å²) in [4.78, 5) is 14.2. The van der Waals surface area contributed by atoms with Crippen LogP contribution in [-0.4, -0.2) is 15.0 Å². The number of fused-ring (bicyclic) bond motifs is 2. The first-order chi connectivity index (χ1) is 13.3. The van der Waals surface area contributed by atoms with Crippen molar-refractivity contribution in [1.29, 1.82) is 0 Å². The van der Waals surface area contributed by atoms with E-state index in [1.54, 1.807) is 6.20 Å². The number of aryl methyl sites for hydroxylation is 1. The fourth-order valence-electron chi connectivity index (χ4n) is 3.36. The molecule has 27 heavy (non-hydrogen) atoms. The quantitative estimate of drug-likeness (QED) is 0.404. The Balaban J connectivity index is 1.76. The topological polar surface area (TPSA) is 38.7 Å². The fraction of sp³-hybridized carbons (Fsp3) is 0.0417. The van der Waals surface area contributed by atoms with Crippen LogP contribution in [0.2, 0.25) is 0 Å². The van der Waals surface area contributed by atoms with Gasteiger partial charge in [0.1, 0.15) is 5.69 Å². The molecule has 0 radical (unpaired) electrons. The predicted molar refractivity (Wildman–Crippen MR) is 110 cm³/mol. The highest BCUT2D eigenvalue weighted by Gasteiger charge is 2.11. The van der Waals surface area contributed by atoms with Crippen molar-refractivity contribution in [2.45, 2.75) is 6.92 Å².